The van der Waals surface area contributed by atoms with Crippen LogP contribution in [0.5, 0.6) is 0 Å². The molecule has 0 aliphatic rings. The standard InChI is InChI=1S/C25H23N3O2S/c1-18(31-25-28-27-22(30-25)17-19-11-5-2-6-12-19)24(29)26-23(20-13-7-3-8-14-20)21-15-9-4-10-16-21/h2-16,18,23H,17H2,1H3,(H,26,29). The summed E-state index contributed by atoms with van der Waals surface area (Å²) in [6.45, 7) is 1.84. The van der Waals surface area contributed by atoms with Gasteiger partial charge in [0.25, 0.3) is 5.22 Å². The van der Waals surface area contributed by atoms with Crippen LogP contribution in [0.15, 0.2) is 101 Å². The van der Waals surface area contributed by atoms with Gasteiger partial charge in [0.1, 0.15) is 0 Å². The van der Waals surface area contributed by atoms with Gasteiger partial charge in [0.15, 0.2) is 0 Å². The van der Waals surface area contributed by atoms with Gasteiger partial charge in [0.05, 0.1) is 17.7 Å². The Morgan fingerprint density at radius 2 is 1.42 bits per heavy atom. The third-order valence-corrected chi connectivity index (χ3v) is 5.78. The predicted molar refractivity (Wildman–Crippen MR) is 122 cm³/mol. The maximum absolute atomic E-state index is 13.0. The number of carbonyl (C=O) groups is 1. The minimum atomic E-state index is -0.389. The highest BCUT2D eigenvalue weighted by atomic mass is 32.2. The van der Waals surface area contributed by atoms with Gasteiger partial charge in [0, 0.05) is 0 Å². The highest BCUT2D eigenvalue weighted by Crippen LogP contribution is 2.26. The van der Waals surface area contributed by atoms with E-state index in [0.29, 0.717) is 17.5 Å². The van der Waals surface area contributed by atoms with E-state index in [4.69, 9.17) is 4.42 Å². The Kier molecular flexibility index (Phi) is 6.79. The normalized spacial score (nSPS) is 11.9. The van der Waals surface area contributed by atoms with Gasteiger partial charge in [-0.25, -0.2) is 0 Å². The zero-order chi connectivity index (χ0) is 21.5. The minimum absolute atomic E-state index is 0.0921. The number of benzene rings is 3. The molecule has 0 bridgehead atoms. The predicted octanol–water partition coefficient (Wildman–Crippen LogP) is 5.05. The van der Waals surface area contributed by atoms with Crippen LogP contribution in [-0.4, -0.2) is 21.4 Å². The van der Waals surface area contributed by atoms with Crippen LogP contribution in [0.25, 0.3) is 0 Å². The molecular weight excluding hydrogens is 406 g/mol. The maximum Gasteiger partial charge on any atom is 0.277 e. The minimum Gasteiger partial charge on any atom is -0.416 e. The number of nitrogens with one attached hydrogen (secondary N) is 1. The first-order valence-electron chi connectivity index (χ1n) is 10.1. The van der Waals surface area contributed by atoms with Crippen LogP contribution >= 0.6 is 11.8 Å². The molecule has 1 unspecified atom stereocenters. The van der Waals surface area contributed by atoms with Gasteiger partial charge in [-0.15, -0.1) is 10.2 Å². The summed E-state index contributed by atoms with van der Waals surface area (Å²) < 4.78 is 5.74. The summed E-state index contributed by atoms with van der Waals surface area (Å²) in [6.07, 6.45) is 0.569. The van der Waals surface area contributed by atoms with Gasteiger partial charge < -0.3 is 9.73 Å². The molecule has 0 radical (unpaired) electrons. The summed E-state index contributed by atoms with van der Waals surface area (Å²) in [7, 11) is 0. The van der Waals surface area contributed by atoms with E-state index in [1.54, 1.807) is 0 Å². The lowest BCUT2D eigenvalue weighted by molar-refractivity contribution is -0.120. The number of nitrogens with zero attached hydrogens (tertiary/aromatic N) is 2. The molecule has 0 saturated heterocycles. The quantitative estimate of drug-likeness (QED) is 0.397. The molecule has 4 rings (SSSR count). The molecule has 0 saturated carbocycles. The largest absolute Gasteiger partial charge is 0.416 e. The second-order valence-electron chi connectivity index (χ2n) is 7.15. The molecule has 0 aliphatic heterocycles. The molecule has 0 spiro atoms. The fourth-order valence-electron chi connectivity index (χ4n) is 3.24. The summed E-state index contributed by atoms with van der Waals surface area (Å²) in [5.74, 6) is 0.443. The van der Waals surface area contributed by atoms with Crippen molar-refractivity contribution in [3.63, 3.8) is 0 Å². The van der Waals surface area contributed by atoms with E-state index >= 15 is 0 Å². The van der Waals surface area contributed by atoms with E-state index in [-0.39, 0.29) is 17.2 Å². The van der Waals surface area contributed by atoms with Crippen molar-refractivity contribution in [2.75, 3.05) is 0 Å². The molecule has 31 heavy (non-hydrogen) atoms. The number of hydrogen-bond acceptors (Lipinski definition) is 5. The third kappa shape index (κ3) is 5.61. The lowest BCUT2D eigenvalue weighted by atomic mass is 9.98. The van der Waals surface area contributed by atoms with Crippen molar-refractivity contribution in [3.05, 3.63) is 114 Å². The van der Waals surface area contributed by atoms with Gasteiger partial charge in [0.2, 0.25) is 11.8 Å². The van der Waals surface area contributed by atoms with Crippen molar-refractivity contribution >= 4 is 17.7 Å². The molecule has 0 fully saturated rings. The van der Waals surface area contributed by atoms with Crippen LogP contribution in [0.4, 0.5) is 0 Å². The van der Waals surface area contributed by atoms with Crippen molar-refractivity contribution in [2.45, 2.75) is 29.9 Å². The number of amides is 1. The van der Waals surface area contributed by atoms with E-state index in [2.05, 4.69) is 15.5 Å². The average Bonchev–Trinajstić information content (AvgIpc) is 3.25. The molecule has 0 aliphatic carbocycles. The Morgan fingerprint density at radius 1 is 0.871 bits per heavy atom. The Labute approximate surface area is 185 Å². The number of carbonyl (C=O) groups excluding carboxylic acids is 1. The van der Waals surface area contributed by atoms with Crippen molar-refractivity contribution in [1.82, 2.24) is 15.5 Å². The second-order valence-corrected chi connectivity index (χ2v) is 8.44. The van der Waals surface area contributed by atoms with Crippen LogP contribution in [0, 0.1) is 0 Å². The summed E-state index contributed by atoms with van der Waals surface area (Å²) in [4.78, 5) is 13.0. The van der Waals surface area contributed by atoms with Crippen molar-refractivity contribution in [2.24, 2.45) is 0 Å². The monoisotopic (exact) mass is 429 g/mol. The van der Waals surface area contributed by atoms with Crippen molar-refractivity contribution in [3.8, 4) is 0 Å². The highest BCUT2D eigenvalue weighted by molar-refractivity contribution is 8.00. The smallest absolute Gasteiger partial charge is 0.277 e. The second kappa shape index (κ2) is 10.1. The SMILES string of the molecule is CC(Sc1nnc(Cc2ccccc2)o1)C(=O)NC(c1ccccc1)c1ccccc1. The summed E-state index contributed by atoms with van der Waals surface area (Å²) >= 11 is 1.26. The summed E-state index contributed by atoms with van der Waals surface area (Å²) in [5, 5.41) is 11.4. The first kappa shape index (κ1) is 20.9. The van der Waals surface area contributed by atoms with Crippen LogP contribution in [0.3, 0.4) is 0 Å². The Balaban J connectivity index is 1.42. The molecule has 1 aromatic heterocycles. The summed E-state index contributed by atoms with van der Waals surface area (Å²) in [6, 6.07) is 29.6. The van der Waals surface area contributed by atoms with Crippen LogP contribution < -0.4 is 5.32 Å². The molecule has 3 aromatic carbocycles. The Bertz CT molecular complexity index is 1060. The van der Waals surface area contributed by atoms with Gasteiger partial charge in [-0.2, -0.15) is 0 Å². The zero-order valence-electron chi connectivity index (χ0n) is 17.1. The van der Waals surface area contributed by atoms with Gasteiger partial charge in [-0.05, 0) is 23.6 Å². The lowest BCUT2D eigenvalue weighted by Gasteiger charge is -2.21. The third-order valence-electron chi connectivity index (χ3n) is 4.85. The van der Waals surface area contributed by atoms with Crippen molar-refractivity contribution < 1.29 is 9.21 Å². The van der Waals surface area contributed by atoms with Crippen LogP contribution in [-0.2, 0) is 11.2 Å². The fourth-order valence-corrected chi connectivity index (χ4v) is 3.95. The van der Waals surface area contributed by atoms with E-state index in [1.807, 2.05) is 97.9 Å². The van der Waals surface area contributed by atoms with Gasteiger partial charge in [-0.1, -0.05) is 103 Å². The summed E-state index contributed by atoms with van der Waals surface area (Å²) in [5.41, 5.74) is 3.16. The molecular formula is C25H23N3O2S. The Hall–Kier alpha value is -3.38. The van der Waals surface area contributed by atoms with E-state index in [1.165, 1.54) is 11.8 Å². The molecule has 6 heteroatoms. The number of rotatable bonds is 8. The maximum atomic E-state index is 13.0. The molecule has 1 amide bonds. The number of aromatic nitrogens is 2. The highest BCUT2D eigenvalue weighted by Gasteiger charge is 2.23. The van der Waals surface area contributed by atoms with E-state index in [0.717, 1.165) is 16.7 Å². The molecule has 1 atom stereocenters. The molecule has 1 N–H and O–H groups in total. The zero-order valence-corrected chi connectivity index (χ0v) is 18.0. The molecule has 5 nitrogen and oxygen atoms in total. The van der Waals surface area contributed by atoms with E-state index in [9.17, 15) is 4.79 Å². The molecule has 4 aromatic rings. The Morgan fingerprint density at radius 3 is 2.00 bits per heavy atom. The van der Waals surface area contributed by atoms with Crippen LogP contribution in [0.2, 0.25) is 0 Å². The first-order chi connectivity index (χ1) is 15.2. The van der Waals surface area contributed by atoms with Gasteiger partial charge in [-0.3, -0.25) is 4.79 Å². The van der Waals surface area contributed by atoms with E-state index < -0.39 is 0 Å². The molecule has 1 heterocycles. The fraction of sp³-hybridized carbons (Fsp3) is 0.160. The van der Waals surface area contributed by atoms with Crippen molar-refractivity contribution in [1.29, 1.82) is 0 Å². The topological polar surface area (TPSA) is 68.0 Å². The first-order valence-corrected chi connectivity index (χ1v) is 11.0. The average molecular weight is 430 g/mol. The van der Waals surface area contributed by atoms with Gasteiger partial charge >= 0.3 is 0 Å². The van der Waals surface area contributed by atoms with Crippen LogP contribution in [0.1, 0.15) is 35.5 Å². The number of hydrogen-bond donors (Lipinski definition) is 1. The number of thioether (sulfide) groups is 1. The molecule has 156 valence electrons. The lowest BCUT2D eigenvalue weighted by Crippen LogP contribution is -2.34.